The molecule has 1 amide bonds. The van der Waals surface area contributed by atoms with Crippen molar-refractivity contribution >= 4 is 17.5 Å². The summed E-state index contributed by atoms with van der Waals surface area (Å²) >= 11 is 6.11. The standard InChI is InChI=1S/C15H19ClN2O/c1-10-2-3-11(8-14(10)16)15(19)18-7-6-12-4-5-13(9-18)17-12/h2-3,8,12-13,17H,4-7,9H2,1H3. The van der Waals surface area contributed by atoms with Crippen molar-refractivity contribution in [2.24, 2.45) is 0 Å². The van der Waals surface area contributed by atoms with Gasteiger partial charge in [0.1, 0.15) is 0 Å². The van der Waals surface area contributed by atoms with Gasteiger partial charge in [0.25, 0.3) is 5.91 Å². The summed E-state index contributed by atoms with van der Waals surface area (Å²) in [6.07, 6.45) is 3.49. The van der Waals surface area contributed by atoms with Crippen LogP contribution in [0.25, 0.3) is 0 Å². The number of hydrogen-bond donors (Lipinski definition) is 1. The van der Waals surface area contributed by atoms with Crippen molar-refractivity contribution in [1.82, 2.24) is 10.2 Å². The monoisotopic (exact) mass is 278 g/mol. The summed E-state index contributed by atoms with van der Waals surface area (Å²) in [6.45, 7) is 3.62. The van der Waals surface area contributed by atoms with Crippen LogP contribution in [-0.4, -0.2) is 36.0 Å². The average molecular weight is 279 g/mol. The van der Waals surface area contributed by atoms with Gasteiger partial charge in [-0.15, -0.1) is 0 Å². The maximum Gasteiger partial charge on any atom is 0.253 e. The minimum Gasteiger partial charge on any atom is -0.337 e. The number of nitrogens with zero attached hydrogens (tertiary/aromatic N) is 1. The molecular weight excluding hydrogens is 260 g/mol. The number of carbonyl (C=O) groups excluding carboxylic acids is 1. The Hall–Kier alpha value is -1.06. The molecule has 2 aliphatic heterocycles. The van der Waals surface area contributed by atoms with Gasteiger partial charge >= 0.3 is 0 Å². The van der Waals surface area contributed by atoms with Crippen LogP contribution in [-0.2, 0) is 0 Å². The summed E-state index contributed by atoms with van der Waals surface area (Å²) in [7, 11) is 0. The SMILES string of the molecule is Cc1ccc(C(=O)N2CCC3CCC(C2)N3)cc1Cl. The van der Waals surface area contributed by atoms with Gasteiger partial charge in [0.15, 0.2) is 0 Å². The van der Waals surface area contributed by atoms with E-state index in [0.29, 0.717) is 22.7 Å². The van der Waals surface area contributed by atoms with Crippen molar-refractivity contribution in [2.75, 3.05) is 13.1 Å². The smallest absolute Gasteiger partial charge is 0.253 e. The van der Waals surface area contributed by atoms with Gasteiger partial charge in [-0.25, -0.2) is 0 Å². The number of carbonyl (C=O) groups is 1. The van der Waals surface area contributed by atoms with Crippen LogP contribution >= 0.6 is 11.6 Å². The second-order valence-corrected chi connectivity index (χ2v) is 6.05. The first-order valence-corrected chi connectivity index (χ1v) is 7.33. The van der Waals surface area contributed by atoms with Crippen molar-refractivity contribution in [2.45, 2.75) is 38.3 Å². The molecule has 3 rings (SSSR count). The van der Waals surface area contributed by atoms with E-state index in [2.05, 4.69) is 5.32 Å². The van der Waals surface area contributed by atoms with Crippen LogP contribution in [0.5, 0.6) is 0 Å². The Morgan fingerprint density at radius 2 is 2.11 bits per heavy atom. The highest BCUT2D eigenvalue weighted by molar-refractivity contribution is 6.31. The topological polar surface area (TPSA) is 32.3 Å². The molecule has 1 N–H and O–H groups in total. The Morgan fingerprint density at radius 1 is 1.32 bits per heavy atom. The Labute approximate surface area is 118 Å². The number of likely N-dealkylation sites (tertiary alicyclic amines) is 1. The predicted molar refractivity (Wildman–Crippen MR) is 76.7 cm³/mol. The Morgan fingerprint density at radius 3 is 2.89 bits per heavy atom. The molecule has 2 heterocycles. The van der Waals surface area contributed by atoms with E-state index in [9.17, 15) is 4.79 Å². The maximum absolute atomic E-state index is 12.5. The third-order valence-corrected chi connectivity index (χ3v) is 4.64. The highest BCUT2D eigenvalue weighted by atomic mass is 35.5. The van der Waals surface area contributed by atoms with Crippen LogP contribution in [0, 0.1) is 6.92 Å². The molecule has 2 saturated heterocycles. The number of amides is 1. The molecule has 102 valence electrons. The highest BCUT2D eigenvalue weighted by Crippen LogP contribution is 2.23. The summed E-state index contributed by atoms with van der Waals surface area (Å²) < 4.78 is 0. The lowest BCUT2D eigenvalue weighted by molar-refractivity contribution is 0.0748. The van der Waals surface area contributed by atoms with Crippen LogP contribution in [0.15, 0.2) is 18.2 Å². The number of aryl methyl sites for hydroxylation is 1. The molecule has 0 aromatic heterocycles. The molecule has 0 saturated carbocycles. The van der Waals surface area contributed by atoms with Gasteiger partial charge in [-0.05, 0) is 43.9 Å². The van der Waals surface area contributed by atoms with Gasteiger partial charge in [-0.2, -0.15) is 0 Å². The predicted octanol–water partition coefficient (Wildman–Crippen LogP) is 2.61. The van der Waals surface area contributed by atoms with Crippen LogP contribution in [0.2, 0.25) is 5.02 Å². The van der Waals surface area contributed by atoms with E-state index in [1.54, 1.807) is 6.07 Å². The fourth-order valence-corrected chi connectivity index (χ4v) is 3.22. The van der Waals surface area contributed by atoms with E-state index in [1.165, 1.54) is 12.8 Å². The molecule has 0 aliphatic carbocycles. The normalized spacial score (nSPS) is 26.3. The van der Waals surface area contributed by atoms with E-state index < -0.39 is 0 Å². The summed E-state index contributed by atoms with van der Waals surface area (Å²) in [5.41, 5.74) is 1.71. The van der Waals surface area contributed by atoms with Gasteiger partial charge in [0, 0.05) is 35.8 Å². The Balaban J connectivity index is 1.77. The number of halogens is 1. The molecule has 2 atom stereocenters. The van der Waals surface area contributed by atoms with Crippen molar-refractivity contribution in [3.05, 3.63) is 34.3 Å². The number of benzene rings is 1. The third kappa shape index (κ3) is 2.63. The summed E-state index contributed by atoms with van der Waals surface area (Å²) in [6, 6.07) is 6.65. The summed E-state index contributed by atoms with van der Waals surface area (Å²) in [5, 5.41) is 4.26. The van der Waals surface area contributed by atoms with E-state index in [0.717, 1.165) is 25.1 Å². The lowest BCUT2D eigenvalue weighted by atomic mass is 10.1. The quantitative estimate of drug-likeness (QED) is 0.856. The molecule has 0 spiro atoms. The van der Waals surface area contributed by atoms with E-state index in [-0.39, 0.29) is 5.91 Å². The van der Waals surface area contributed by atoms with Crippen LogP contribution in [0.1, 0.15) is 35.2 Å². The van der Waals surface area contributed by atoms with Crippen molar-refractivity contribution in [3.8, 4) is 0 Å². The number of hydrogen-bond acceptors (Lipinski definition) is 2. The number of rotatable bonds is 1. The molecule has 1 aromatic carbocycles. The van der Waals surface area contributed by atoms with Crippen LogP contribution in [0.4, 0.5) is 0 Å². The zero-order valence-electron chi connectivity index (χ0n) is 11.2. The molecule has 2 unspecified atom stereocenters. The first kappa shape index (κ1) is 12.9. The van der Waals surface area contributed by atoms with Gasteiger partial charge in [-0.3, -0.25) is 4.79 Å². The zero-order chi connectivity index (χ0) is 13.4. The molecule has 0 radical (unpaired) electrons. The van der Waals surface area contributed by atoms with Crippen molar-refractivity contribution in [1.29, 1.82) is 0 Å². The minimum absolute atomic E-state index is 0.108. The van der Waals surface area contributed by atoms with Crippen LogP contribution in [0.3, 0.4) is 0 Å². The molecule has 4 heteroatoms. The molecule has 19 heavy (non-hydrogen) atoms. The van der Waals surface area contributed by atoms with Crippen LogP contribution < -0.4 is 5.32 Å². The van der Waals surface area contributed by atoms with Crippen molar-refractivity contribution in [3.63, 3.8) is 0 Å². The molecule has 1 aromatic rings. The minimum atomic E-state index is 0.108. The van der Waals surface area contributed by atoms with Gasteiger partial charge in [0.05, 0.1) is 0 Å². The second-order valence-electron chi connectivity index (χ2n) is 5.64. The average Bonchev–Trinajstić information content (AvgIpc) is 2.72. The number of fused-ring (bicyclic) bond motifs is 2. The summed E-state index contributed by atoms with van der Waals surface area (Å²) in [5.74, 6) is 0.108. The van der Waals surface area contributed by atoms with E-state index in [1.807, 2.05) is 24.0 Å². The molecule has 2 aliphatic rings. The first-order chi connectivity index (χ1) is 9.13. The van der Waals surface area contributed by atoms with Gasteiger partial charge in [0.2, 0.25) is 0 Å². The van der Waals surface area contributed by atoms with E-state index >= 15 is 0 Å². The maximum atomic E-state index is 12.5. The van der Waals surface area contributed by atoms with Gasteiger partial charge < -0.3 is 10.2 Å². The highest BCUT2D eigenvalue weighted by Gasteiger charge is 2.31. The molecule has 3 nitrogen and oxygen atoms in total. The first-order valence-electron chi connectivity index (χ1n) is 6.95. The Kier molecular flexibility index (Phi) is 3.50. The lowest BCUT2D eigenvalue weighted by Gasteiger charge is -2.24. The lowest BCUT2D eigenvalue weighted by Crippen LogP contribution is -2.39. The molecule has 2 fully saturated rings. The summed E-state index contributed by atoms with van der Waals surface area (Å²) in [4.78, 5) is 14.5. The number of nitrogens with one attached hydrogen (secondary N) is 1. The van der Waals surface area contributed by atoms with E-state index in [4.69, 9.17) is 11.6 Å². The largest absolute Gasteiger partial charge is 0.337 e. The molecular formula is C15H19ClN2O. The second kappa shape index (κ2) is 5.14. The van der Waals surface area contributed by atoms with Crippen molar-refractivity contribution < 1.29 is 4.79 Å². The zero-order valence-corrected chi connectivity index (χ0v) is 11.9. The Bertz CT molecular complexity index is 503. The fourth-order valence-electron chi connectivity index (χ4n) is 3.04. The molecule has 2 bridgehead atoms. The fraction of sp³-hybridized carbons (Fsp3) is 0.533. The van der Waals surface area contributed by atoms with Gasteiger partial charge in [-0.1, -0.05) is 17.7 Å². The third-order valence-electron chi connectivity index (χ3n) is 4.23.